The van der Waals surface area contributed by atoms with Crippen LogP contribution in [-0.4, -0.2) is 37.8 Å². The molecule has 0 spiro atoms. The molecule has 8 nitrogen and oxygen atoms in total. The lowest BCUT2D eigenvalue weighted by Gasteiger charge is -2.48. The van der Waals surface area contributed by atoms with Crippen LogP contribution in [0.4, 0.5) is 0 Å². The molecular formula is C24H36N4O4. The quantitative estimate of drug-likeness (QED) is 0.500. The third-order valence-electron chi connectivity index (χ3n) is 6.96. The fraction of sp³-hybridized carbons (Fsp3) is 0.708. The number of carboxylic acid groups (broad SMARTS) is 1. The van der Waals surface area contributed by atoms with E-state index < -0.39 is 5.97 Å². The van der Waals surface area contributed by atoms with Crippen LogP contribution in [0.25, 0.3) is 11.5 Å². The molecule has 1 fully saturated rings. The monoisotopic (exact) mass is 444 g/mol. The Hall–Kier alpha value is -2.51. The third kappa shape index (κ3) is 5.84. The van der Waals surface area contributed by atoms with Gasteiger partial charge in [0.05, 0.1) is 25.4 Å². The Bertz CT molecular complexity index is 884. The third-order valence-corrected chi connectivity index (χ3v) is 6.96. The van der Waals surface area contributed by atoms with Crippen LogP contribution in [0.1, 0.15) is 97.3 Å². The SMILES string of the molecule is CCOc1cncc(-c2noc(C(CCCC3(C(C)(C)C)CCCCC3)CC(=O)O)n2)n1. The Morgan fingerprint density at radius 3 is 2.62 bits per heavy atom. The maximum Gasteiger partial charge on any atom is 0.304 e. The molecule has 1 unspecified atom stereocenters. The minimum Gasteiger partial charge on any atom is -0.481 e. The first kappa shape index (κ1) is 24.1. The summed E-state index contributed by atoms with van der Waals surface area (Å²) in [5.41, 5.74) is 0.986. The molecule has 8 heteroatoms. The number of rotatable bonds is 10. The molecule has 0 aliphatic heterocycles. The molecule has 1 aliphatic carbocycles. The second-order valence-electron chi connectivity index (χ2n) is 9.91. The number of aliphatic carboxylic acids is 1. The van der Waals surface area contributed by atoms with E-state index >= 15 is 0 Å². The van der Waals surface area contributed by atoms with Gasteiger partial charge in [0.2, 0.25) is 17.6 Å². The maximum atomic E-state index is 11.5. The topological polar surface area (TPSA) is 111 Å². The second-order valence-corrected chi connectivity index (χ2v) is 9.91. The van der Waals surface area contributed by atoms with Crippen LogP contribution in [0.15, 0.2) is 16.9 Å². The molecule has 1 saturated carbocycles. The highest BCUT2D eigenvalue weighted by atomic mass is 16.5. The number of carbonyl (C=O) groups is 1. The summed E-state index contributed by atoms with van der Waals surface area (Å²) < 4.78 is 10.9. The van der Waals surface area contributed by atoms with Crippen molar-refractivity contribution in [3.05, 3.63) is 18.3 Å². The summed E-state index contributed by atoms with van der Waals surface area (Å²) in [6, 6.07) is 0. The molecule has 2 aromatic rings. The normalized spacial score (nSPS) is 17.1. The summed E-state index contributed by atoms with van der Waals surface area (Å²) in [6.45, 7) is 9.37. The van der Waals surface area contributed by atoms with Crippen LogP contribution in [-0.2, 0) is 4.79 Å². The summed E-state index contributed by atoms with van der Waals surface area (Å²) >= 11 is 0. The lowest BCUT2D eigenvalue weighted by Crippen LogP contribution is -2.37. The summed E-state index contributed by atoms with van der Waals surface area (Å²) in [7, 11) is 0. The lowest BCUT2D eigenvalue weighted by molar-refractivity contribution is -0.137. The number of hydrogen-bond donors (Lipinski definition) is 1. The second kappa shape index (κ2) is 10.4. The Morgan fingerprint density at radius 2 is 1.97 bits per heavy atom. The van der Waals surface area contributed by atoms with Gasteiger partial charge in [-0.15, -0.1) is 0 Å². The average Bonchev–Trinajstić information content (AvgIpc) is 3.23. The molecule has 0 bridgehead atoms. The highest BCUT2D eigenvalue weighted by Crippen LogP contribution is 2.53. The Kier molecular flexibility index (Phi) is 7.85. The van der Waals surface area contributed by atoms with Gasteiger partial charge in [-0.05, 0) is 43.4 Å². The maximum absolute atomic E-state index is 11.5. The largest absolute Gasteiger partial charge is 0.481 e. The smallest absolute Gasteiger partial charge is 0.304 e. The summed E-state index contributed by atoms with van der Waals surface area (Å²) in [5, 5.41) is 13.5. The van der Waals surface area contributed by atoms with E-state index in [0.717, 1.165) is 12.8 Å². The first-order valence-electron chi connectivity index (χ1n) is 11.7. The van der Waals surface area contributed by atoms with E-state index in [4.69, 9.17) is 9.26 Å². The number of carboxylic acids is 1. The minimum absolute atomic E-state index is 0.0329. The summed E-state index contributed by atoms with van der Waals surface area (Å²) in [4.78, 5) is 24.5. The van der Waals surface area contributed by atoms with E-state index in [1.165, 1.54) is 38.3 Å². The van der Waals surface area contributed by atoms with Crippen molar-refractivity contribution in [3.8, 4) is 17.4 Å². The van der Waals surface area contributed by atoms with Crippen molar-refractivity contribution < 1.29 is 19.2 Å². The molecule has 0 radical (unpaired) electrons. The van der Waals surface area contributed by atoms with Crippen LogP contribution in [0.5, 0.6) is 5.88 Å². The van der Waals surface area contributed by atoms with Gasteiger partial charge < -0.3 is 14.4 Å². The molecule has 1 atom stereocenters. The van der Waals surface area contributed by atoms with Crippen LogP contribution in [0.2, 0.25) is 0 Å². The van der Waals surface area contributed by atoms with Gasteiger partial charge >= 0.3 is 5.97 Å². The van der Waals surface area contributed by atoms with Crippen molar-refractivity contribution in [2.45, 2.75) is 91.4 Å². The predicted molar refractivity (Wildman–Crippen MR) is 120 cm³/mol. The van der Waals surface area contributed by atoms with E-state index in [-0.39, 0.29) is 17.8 Å². The van der Waals surface area contributed by atoms with E-state index in [2.05, 4.69) is 40.9 Å². The first-order valence-corrected chi connectivity index (χ1v) is 11.7. The average molecular weight is 445 g/mol. The first-order chi connectivity index (χ1) is 15.2. The van der Waals surface area contributed by atoms with E-state index in [1.54, 1.807) is 6.20 Å². The zero-order valence-corrected chi connectivity index (χ0v) is 19.8. The van der Waals surface area contributed by atoms with E-state index in [0.29, 0.717) is 41.7 Å². The van der Waals surface area contributed by atoms with Crippen LogP contribution in [0, 0.1) is 10.8 Å². The van der Waals surface area contributed by atoms with Crippen molar-refractivity contribution in [2.24, 2.45) is 10.8 Å². The van der Waals surface area contributed by atoms with Gasteiger partial charge in [-0.2, -0.15) is 4.98 Å². The van der Waals surface area contributed by atoms with Gasteiger partial charge in [-0.1, -0.05) is 51.6 Å². The van der Waals surface area contributed by atoms with E-state index in [1.807, 2.05) is 6.92 Å². The Balaban J connectivity index is 1.72. The molecule has 2 aromatic heterocycles. The molecule has 32 heavy (non-hydrogen) atoms. The molecule has 0 aromatic carbocycles. The number of aromatic nitrogens is 4. The highest BCUT2D eigenvalue weighted by molar-refractivity contribution is 5.67. The van der Waals surface area contributed by atoms with Gasteiger partial charge in [0.1, 0.15) is 5.69 Å². The zero-order valence-electron chi connectivity index (χ0n) is 19.8. The summed E-state index contributed by atoms with van der Waals surface area (Å²) in [6.07, 6.45) is 12.1. The number of ether oxygens (including phenoxy) is 1. The standard InChI is InChI=1S/C24H36N4O4/c1-5-31-19-16-25-15-18(26-19)21-27-22(32-28-21)17(14-20(29)30)10-9-13-24(23(2,3)4)11-7-6-8-12-24/h15-17H,5-14H2,1-4H3,(H,29,30). The Labute approximate surface area is 190 Å². The fourth-order valence-corrected chi connectivity index (χ4v) is 4.99. The van der Waals surface area contributed by atoms with Crippen LogP contribution < -0.4 is 4.74 Å². The lowest BCUT2D eigenvalue weighted by atomic mass is 9.57. The van der Waals surface area contributed by atoms with Crippen molar-refractivity contribution in [3.63, 3.8) is 0 Å². The molecule has 176 valence electrons. The van der Waals surface area contributed by atoms with Gasteiger partial charge in [0.15, 0.2) is 0 Å². The summed E-state index contributed by atoms with van der Waals surface area (Å²) in [5.74, 6) is -0.158. The van der Waals surface area contributed by atoms with Crippen molar-refractivity contribution in [2.75, 3.05) is 6.61 Å². The zero-order chi connectivity index (χ0) is 23.2. The van der Waals surface area contributed by atoms with Gasteiger partial charge in [0, 0.05) is 5.92 Å². The highest BCUT2D eigenvalue weighted by Gasteiger charge is 2.42. The molecule has 0 amide bonds. The molecular weight excluding hydrogens is 408 g/mol. The predicted octanol–water partition coefficient (Wildman–Crippen LogP) is 5.65. The minimum atomic E-state index is -0.865. The number of nitrogens with zero attached hydrogens (tertiary/aromatic N) is 4. The van der Waals surface area contributed by atoms with Gasteiger partial charge in [-0.3, -0.25) is 9.78 Å². The fourth-order valence-electron chi connectivity index (χ4n) is 4.99. The van der Waals surface area contributed by atoms with Gasteiger partial charge in [0.25, 0.3) is 0 Å². The molecule has 3 rings (SSSR count). The van der Waals surface area contributed by atoms with Gasteiger partial charge in [-0.25, -0.2) is 4.98 Å². The van der Waals surface area contributed by atoms with Crippen LogP contribution >= 0.6 is 0 Å². The Morgan fingerprint density at radius 1 is 1.22 bits per heavy atom. The van der Waals surface area contributed by atoms with Crippen molar-refractivity contribution >= 4 is 5.97 Å². The molecule has 2 heterocycles. The molecule has 0 saturated heterocycles. The van der Waals surface area contributed by atoms with Crippen molar-refractivity contribution in [1.82, 2.24) is 20.1 Å². The van der Waals surface area contributed by atoms with E-state index in [9.17, 15) is 9.90 Å². The van der Waals surface area contributed by atoms with Crippen LogP contribution in [0.3, 0.4) is 0 Å². The molecule has 1 N–H and O–H groups in total. The number of hydrogen-bond acceptors (Lipinski definition) is 7. The molecule has 1 aliphatic rings. The van der Waals surface area contributed by atoms with Crippen molar-refractivity contribution in [1.29, 1.82) is 0 Å².